The van der Waals surface area contributed by atoms with Crippen molar-refractivity contribution in [1.82, 2.24) is 20.9 Å². The number of likely N-dealkylation sites (tertiary alicyclic amines) is 1. The summed E-state index contributed by atoms with van der Waals surface area (Å²) in [5.74, 6) is -2.39. The fourth-order valence-electron chi connectivity index (χ4n) is 6.76. The Morgan fingerprint density at radius 3 is 2.11 bits per heavy atom. The molecule has 3 saturated carbocycles. The molecule has 1 saturated heterocycles. The standard InChI is InChI=1S/C33H53N5O8/c1-17(2)22(16-46-31(44)45-15-19-11-12-19)36-30(43)37-26(32(3,4)5)29(42)38-14-20-23(33(20,6)7)24(38)28(41)35-21(25(39)27(34)40)13-18-9-8-10-18/h17-24,26H,8-16H2,1-7H3,(H2,34,40)(H,35,41)(H2,36,37,43)/t20?,21?,22-,23?,24+,26-/m1/s1. The van der Waals surface area contributed by atoms with Crippen LogP contribution < -0.4 is 21.7 Å². The summed E-state index contributed by atoms with van der Waals surface area (Å²) < 4.78 is 10.4. The Labute approximate surface area is 271 Å². The van der Waals surface area contributed by atoms with E-state index in [1.165, 1.54) is 4.90 Å². The van der Waals surface area contributed by atoms with Crippen molar-refractivity contribution in [3.05, 3.63) is 0 Å². The highest BCUT2D eigenvalue weighted by Gasteiger charge is 2.70. The Bertz CT molecular complexity index is 1200. The van der Waals surface area contributed by atoms with Gasteiger partial charge in [-0.1, -0.05) is 67.7 Å². The number of piperidine rings is 1. The van der Waals surface area contributed by atoms with Crippen LogP contribution in [0.1, 0.15) is 87.0 Å². The molecule has 0 aromatic carbocycles. The Balaban J connectivity index is 1.44. The second-order valence-corrected chi connectivity index (χ2v) is 15.8. The minimum Gasteiger partial charge on any atom is -0.434 e. The zero-order valence-corrected chi connectivity index (χ0v) is 28.4. The van der Waals surface area contributed by atoms with Gasteiger partial charge in [0.05, 0.1) is 18.7 Å². The van der Waals surface area contributed by atoms with Crippen molar-refractivity contribution in [2.24, 2.45) is 46.2 Å². The quantitative estimate of drug-likeness (QED) is 0.164. The van der Waals surface area contributed by atoms with Crippen LogP contribution in [0.15, 0.2) is 0 Å². The van der Waals surface area contributed by atoms with Gasteiger partial charge in [0.1, 0.15) is 18.7 Å². The number of ketones is 1. The Morgan fingerprint density at radius 2 is 1.59 bits per heavy atom. The summed E-state index contributed by atoms with van der Waals surface area (Å²) in [6.45, 7) is 13.9. The molecule has 1 heterocycles. The smallest absolute Gasteiger partial charge is 0.434 e. The van der Waals surface area contributed by atoms with E-state index in [2.05, 4.69) is 16.0 Å². The normalized spacial score (nSPS) is 25.3. The first kappa shape index (κ1) is 35.5. The highest BCUT2D eigenvalue weighted by Crippen LogP contribution is 2.65. The number of nitrogens with zero attached hydrogens (tertiary/aromatic N) is 1. The number of fused-ring (bicyclic) bond motifs is 1. The second kappa shape index (κ2) is 13.8. The molecule has 4 aliphatic rings. The molecule has 5 N–H and O–H groups in total. The number of hydrogen-bond acceptors (Lipinski definition) is 8. The van der Waals surface area contributed by atoms with Crippen LogP contribution in [-0.2, 0) is 28.7 Å². The van der Waals surface area contributed by atoms with Crippen molar-refractivity contribution in [3.63, 3.8) is 0 Å². The van der Waals surface area contributed by atoms with Gasteiger partial charge in [-0.15, -0.1) is 0 Å². The van der Waals surface area contributed by atoms with Crippen molar-refractivity contribution in [3.8, 4) is 0 Å². The van der Waals surface area contributed by atoms with Gasteiger partial charge >= 0.3 is 12.2 Å². The third-order valence-electron chi connectivity index (χ3n) is 10.5. The second-order valence-electron chi connectivity index (χ2n) is 15.8. The topological polar surface area (TPSA) is 186 Å². The van der Waals surface area contributed by atoms with Crippen LogP contribution in [0.4, 0.5) is 9.59 Å². The van der Waals surface area contributed by atoms with Crippen molar-refractivity contribution < 1.29 is 38.2 Å². The zero-order chi connectivity index (χ0) is 34.1. The number of primary amides is 1. The van der Waals surface area contributed by atoms with Crippen molar-refractivity contribution in [2.45, 2.75) is 111 Å². The summed E-state index contributed by atoms with van der Waals surface area (Å²) in [5, 5.41) is 8.43. The number of urea groups is 1. The molecule has 4 fully saturated rings. The average molecular weight is 648 g/mol. The number of carbonyl (C=O) groups excluding carboxylic acids is 6. The first-order valence-corrected chi connectivity index (χ1v) is 16.7. The highest BCUT2D eigenvalue weighted by molar-refractivity contribution is 6.37. The van der Waals surface area contributed by atoms with Gasteiger partial charge < -0.3 is 36.1 Å². The zero-order valence-electron chi connectivity index (χ0n) is 28.4. The molecule has 46 heavy (non-hydrogen) atoms. The maximum absolute atomic E-state index is 14.2. The minimum atomic E-state index is -1.10. The molecule has 13 nitrogen and oxygen atoms in total. The number of carbonyl (C=O) groups is 6. The van der Waals surface area contributed by atoms with Crippen LogP contribution in [0, 0.1) is 40.4 Å². The maximum atomic E-state index is 14.2. The molecule has 4 rings (SSSR count). The van der Waals surface area contributed by atoms with Crippen LogP contribution in [0.2, 0.25) is 0 Å². The number of Topliss-reactive ketones (excluding diaryl/α,β-unsaturated/α-hetero) is 1. The molecule has 13 heteroatoms. The fraction of sp³-hybridized carbons (Fsp3) is 0.818. The largest absolute Gasteiger partial charge is 0.508 e. The summed E-state index contributed by atoms with van der Waals surface area (Å²) in [7, 11) is 0. The van der Waals surface area contributed by atoms with Crippen LogP contribution in [-0.4, -0.2) is 84.5 Å². The van der Waals surface area contributed by atoms with Crippen LogP contribution in [0.25, 0.3) is 0 Å². The van der Waals surface area contributed by atoms with E-state index in [0.717, 1.165) is 32.1 Å². The number of amides is 5. The van der Waals surface area contributed by atoms with Gasteiger partial charge in [0, 0.05) is 6.54 Å². The molecule has 0 bridgehead atoms. The number of hydrogen-bond donors (Lipinski definition) is 4. The summed E-state index contributed by atoms with van der Waals surface area (Å²) in [5.41, 5.74) is 4.40. The van der Waals surface area contributed by atoms with Gasteiger partial charge in [-0.2, -0.15) is 0 Å². The molecule has 0 spiro atoms. The molecule has 6 atom stereocenters. The summed E-state index contributed by atoms with van der Waals surface area (Å²) >= 11 is 0. The highest BCUT2D eigenvalue weighted by atomic mass is 16.7. The van der Waals surface area contributed by atoms with Crippen molar-refractivity contribution in [2.75, 3.05) is 19.8 Å². The van der Waals surface area contributed by atoms with Gasteiger partial charge in [0.25, 0.3) is 5.91 Å². The van der Waals surface area contributed by atoms with Crippen LogP contribution in [0.5, 0.6) is 0 Å². The summed E-state index contributed by atoms with van der Waals surface area (Å²) in [6, 6.07) is -4.07. The van der Waals surface area contributed by atoms with Gasteiger partial charge in [-0.3, -0.25) is 19.2 Å². The molecule has 5 amide bonds. The lowest BCUT2D eigenvalue weighted by atomic mass is 9.80. The molecule has 1 aliphatic heterocycles. The van der Waals surface area contributed by atoms with E-state index >= 15 is 0 Å². The third kappa shape index (κ3) is 8.31. The molecular weight excluding hydrogens is 594 g/mol. The van der Waals surface area contributed by atoms with Crippen molar-refractivity contribution in [1.29, 1.82) is 0 Å². The Morgan fingerprint density at radius 1 is 0.935 bits per heavy atom. The van der Waals surface area contributed by atoms with Crippen LogP contribution in [0.3, 0.4) is 0 Å². The number of ether oxygens (including phenoxy) is 2. The van der Waals surface area contributed by atoms with E-state index in [9.17, 15) is 28.8 Å². The number of nitrogens with one attached hydrogen (secondary N) is 3. The molecule has 0 radical (unpaired) electrons. The fourth-order valence-corrected chi connectivity index (χ4v) is 6.76. The minimum absolute atomic E-state index is 0.0701. The van der Waals surface area contributed by atoms with E-state index in [0.29, 0.717) is 25.5 Å². The predicted molar refractivity (Wildman–Crippen MR) is 168 cm³/mol. The van der Waals surface area contributed by atoms with Crippen LogP contribution >= 0.6 is 0 Å². The van der Waals surface area contributed by atoms with E-state index in [1.807, 2.05) is 48.5 Å². The van der Waals surface area contributed by atoms with E-state index < -0.39 is 65.3 Å². The van der Waals surface area contributed by atoms with Gasteiger partial charge in [0.2, 0.25) is 17.6 Å². The molecule has 0 aromatic rings. The lowest BCUT2D eigenvalue weighted by molar-refractivity contribution is -0.145. The number of nitrogens with two attached hydrogens (primary N) is 1. The van der Waals surface area contributed by atoms with E-state index in [-0.39, 0.29) is 35.7 Å². The first-order chi connectivity index (χ1) is 21.4. The lowest BCUT2D eigenvalue weighted by Crippen LogP contribution is -2.62. The Hall–Kier alpha value is -3.38. The van der Waals surface area contributed by atoms with E-state index in [4.69, 9.17) is 15.2 Å². The lowest BCUT2D eigenvalue weighted by Gasteiger charge is -2.38. The molecule has 258 valence electrons. The van der Waals surface area contributed by atoms with Crippen molar-refractivity contribution >= 4 is 35.7 Å². The van der Waals surface area contributed by atoms with Gasteiger partial charge in [0.15, 0.2) is 0 Å². The molecular formula is C33H53N5O8. The SMILES string of the molecule is CC(C)[C@@H](COC(=O)OCC1CC1)NC(=O)N[C@H](C(=O)N1CC2C([C@H]1C(=O)NC(CC1CCC1)C(=O)C(N)=O)C2(C)C)C(C)(C)C. The maximum Gasteiger partial charge on any atom is 0.508 e. The first-order valence-electron chi connectivity index (χ1n) is 16.7. The summed E-state index contributed by atoms with van der Waals surface area (Å²) in [4.78, 5) is 79.4. The molecule has 0 aromatic heterocycles. The van der Waals surface area contributed by atoms with Gasteiger partial charge in [-0.05, 0) is 59.7 Å². The van der Waals surface area contributed by atoms with E-state index in [1.54, 1.807) is 0 Å². The van der Waals surface area contributed by atoms with Gasteiger partial charge in [-0.25, -0.2) is 9.59 Å². The Kier molecular flexibility index (Phi) is 10.6. The third-order valence-corrected chi connectivity index (χ3v) is 10.5. The molecule has 3 aliphatic carbocycles. The monoisotopic (exact) mass is 647 g/mol. The number of rotatable bonds is 14. The summed E-state index contributed by atoms with van der Waals surface area (Å²) in [6.07, 6.45) is 4.49. The molecule has 3 unspecified atom stereocenters. The predicted octanol–water partition coefficient (Wildman–Crippen LogP) is 2.50. The average Bonchev–Trinajstić information content (AvgIpc) is 3.80.